The Morgan fingerprint density at radius 1 is 1.03 bits per heavy atom. The number of hydrogen-bond donors (Lipinski definition) is 3. The van der Waals surface area contributed by atoms with Crippen LogP contribution in [-0.4, -0.2) is 54.0 Å². The number of ether oxygens (including phenoxy) is 2. The molecular formula is C26H28N2O6. The number of nitrogens with one attached hydrogen (secondary N) is 2. The van der Waals surface area contributed by atoms with Crippen LogP contribution in [0.1, 0.15) is 43.2 Å². The Balaban J connectivity index is 1.26. The number of amides is 2. The highest BCUT2D eigenvalue weighted by Crippen LogP contribution is 2.44. The standard InChI is InChI=1S/C26H28N2O6/c1-26(15-10-11-15,24(31)27-21-12-13-33-22(21)23(29)30)28-25(32)34-14-20-18-8-4-2-6-16(18)17-7-3-5-9-19(17)20/h2-9,15,20-22H,10-14H2,1H3,(H,27,31)(H,28,32)(H,29,30)/t21-,22+,26?/m1/s1. The molecular weight excluding hydrogens is 436 g/mol. The molecule has 2 amide bonds. The second-order valence-electron chi connectivity index (χ2n) is 9.43. The molecule has 5 rings (SSSR count). The molecule has 0 radical (unpaired) electrons. The molecule has 8 heteroatoms. The van der Waals surface area contributed by atoms with Crippen LogP contribution in [0.25, 0.3) is 11.1 Å². The predicted octanol–water partition coefficient (Wildman–Crippen LogP) is 3.05. The third-order valence-electron chi connectivity index (χ3n) is 7.22. The van der Waals surface area contributed by atoms with E-state index in [9.17, 15) is 19.5 Å². The monoisotopic (exact) mass is 464 g/mol. The molecule has 2 aliphatic carbocycles. The summed E-state index contributed by atoms with van der Waals surface area (Å²) in [7, 11) is 0. The van der Waals surface area contributed by atoms with Crippen molar-refractivity contribution in [3.8, 4) is 11.1 Å². The molecule has 0 aromatic heterocycles. The van der Waals surface area contributed by atoms with Crippen molar-refractivity contribution in [2.75, 3.05) is 13.2 Å². The summed E-state index contributed by atoms with van der Waals surface area (Å²) in [6.07, 6.45) is 0.272. The predicted molar refractivity (Wildman–Crippen MR) is 123 cm³/mol. The van der Waals surface area contributed by atoms with E-state index in [0.717, 1.165) is 35.1 Å². The molecule has 0 bridgehead atoms. The first-order valence-corrected chi connectivity index (χ1v) is 11.7. The van der Waals surface area contributed by atoms with Crippen LogP contribution in [0, 0.1) is 5.92 Å². The minimum absolute atomic E-state index is 0.0291. The first kappa shape index (κ1) is 22.4. The molecule has 0 spiro atoms. The third-order valence-corrected chi connectivity index (χ3v) is 7.22. The van der Waals surface area contributed by atoms with E-state index in [1.54, 1.807) is 6.92 Å². The Hall–Kier alpha value is -3.39. The van der Waals surface area contributed by atoms with Crippen LogP contribution in [0.4, 0.5) is 4.79 Å². The van der Waals surface area contributed by atoms with Crippen molar-refractivity contribution in [2.24, 2.45) is 5.92 Å². The van der Waals surface area contributed by atoms with Crippen LogP contribution in [-0.2, 0) is 19.1 Å². The van der Waals surface area contributed by atoms with Gasteiger partial charge >= 0.3 is 12.1 Å². The molecule has 3 atom stereocenters. The lowest BCUT2D eigenvalue weighted by Crippen LogP contribution is -2.61. The van der Waals surface area contributed by atoms with E-state index in [1.807, 2.05) is 36.4 Å². The second-order valence-corrected chi connectivity index (χ2v) is 9.43. The molecule has 1 unspecified atom stereocenters. The molecule has 3 aliphatic rings. The van der Waals surface area contributed by atoms with E-state index in [0.29, 0.717) is 6.42 Å². The number of benzene rings is 2. The van der Waals surface area contributed by atoms with Gasteiger partial charge in [0.1, 0.15) is 12.1 Å². The van der Waals surface area contributed by atoms with Gasteiger partial charge in [-0.3, -0.25) is 4.79 Å². The number of rotatable bonds is 7. The number of fused-ring (bicyclic) bond motifs is 3. The largest absolute Gasteiger partial charge is 0.479 e. The molecule has 1 saturated heterocycles. The Morgan fingerprint density at radius 3 is 2.24 bits per heavy atom. The van der Waals surface area contributed by atoms with Crippen molar-refractivity contribution in [3.63, 3.8) is 0 Å². The summed E-state index contributed by atoms with van der Waals surface area (Å²) in [6, 6.07) is 15.5. The van der Waals surface area contributed by atoms with Gasteiger partial charge in [0, 0.05) is 12.5 Å². The fourth-order valence-electron chi connectivity index (χ4n) is 5.15. The highest BCUT2D eigenvalue weighted by atomic mass is 16.5. The maximum Gasteiger partial charge on any atom is 0.408 e. The topological polar surface area (TPSA) is 114 Å². The Morgan fingerprint density at radius 2 is 1.65 bits per heavy atom. The van der Waals surface area contributed by atoms with Crippen molar-refractivity contribution in [1.82, 2.24) is 10.6 Å². The van der Waals surface area contributed by atoms with Gasteiger partial charge in [0.25, 0.3) is 0 Å². The van der Waals surface area contributed by atoms with Crippen molar-refractivity contribution >= 4 is 18.0 Å². The van der Waals surface area contributed by atoms with E-state index in [4.69, 9.17) is 9.47 Å². The van der Waals surface area contributed by atoms with Crippen molar-refractivity contribution in [3.05, 3.63) is 59.7 Å². The molecule has 1 heterocycles. The van der Waals surface area contributed by atoms with Crippen molar-refractivity contribution in [2.45, 2.75) is 49.8 Å². The van der Waals surface area contributed by atoms with E-state index in [2.05, 4.69) is 22.8 Å². The van der Waals surface area contributed by atoms with E-state index >= 15 is 0 Å². The number of aliphatic carboxylic acids is 1. The maximum absolute atomic E-state index is 13.2. The van der Waals surface area contributed by atoms with Gasteiger partial charge in [0.05, 0.1) is 6.04 Å². The van der Waals surface area contributed by atoms with E-state index in [-0.39, 0.29) is 25.0 Å². The van der Waals surface area contributed by atoms with Gasteiger partial charge in [-0.15, -0.1) is 0 Å². The number of carboxylic acids is 1. The van der Waals surface area contributed by atoms with Crippen molar-refractivity contribution in [1.29, 1.82) is 0 Å². The lowest BCUT2D eigenvalue weighted by Gasteiger charge is -2.31. The number of carbonyl (C=O) groups excluding carboxylic acids is 2. The second kappa shape index (κ2) is 8.76. The molecule has 2 fully saturated rings. The summed E-state index contributed by atoms with van der Waals surface area (Å²) in [5, 5.41) is 14.9. The summed E-state index contributed by atoms with van der Waals surface area (Å²) in [4.78, 5) is 37.4. The van der Waals surface area contributed by atoms with Crippen LogP contribution < -0.4 is 10.6 Å². The number of carbonyl (C=O) groups is 3. The SMILES string of the molecule is CC(NC(=O)OCC1c2ccccc2-c2ccccc21)(C(=O)N[C@@H]1CCO[C@@H]1C(=O)O)C1CC1. The molecule has 178 valence electrons. The molecule has 1 aliphatic heterocycles. The highest BCUT2D eigenvalue weighted by molar-refractivity contribution is 5.91. The highest BCUT2D eigenvalue weighted by Gasteiger charge is 2.50. The number of alkyl carbamates (subject to hydrolysis) is 1. The molecule has 2 aromatic carbocycles. The summed E-state index contributed by atoms with van der Waals surface area (Å²) in [5.74, 6) is -1.63. The summed E-state index contributed by atoms with van der Waals surface area (Å²) in [5.41, 5.74) is 3.32. The third kappa shape index (κ3) is 4.03. The average molecular weight is 465 g/mol. The zero-order chi connectivity index (χ0) is 23.9. The Bertz CT molecular complexity index is 1080. The average Bonchev–Trinajstić information content (AvgIpc) is 3.51. The van der Waals surface area contributed by atoms with Crippen LogP contribution in [0.15, 0.2) is 48.5 Å². The quantitative estimate of drug-likeness (QED) is 0.580. The first-order chi connectivity index (χ1) is 16.4. The van der Waals surface area contributed by atoms with Gasteiger partial charge in [-0.25, -0.2) is 9.59 Å². The smallest absolute Gasteiger partial charge is 0.408 e. The maximum atomic E-state index is 13.2. The zero-order valence-corrected chi connectivity index (χ0v) is 19.0. The van der Waals surface area contributed by atoms with Gasteiger partial charge in [-0.05, 0) is 54.4 Å². The molecule has 3 N–H and O–H groups in total. The summed E-state index contributed by atoms with van der Waals surface area (Å²) < 4.78 is 10.9. The number of carboxylic acid groups (broad SMARTS) is 1. The molecule has 8 nitrogen and oxygen atoms in total. The fourth-order valence-corrected chi connectivity index (χ4v) is 5.15. The normalized spacial score (nSPS) is 22.9. The lowest BCUT2D eigenvalue weighted by molar-refractivity contribution is -0.148. The van der Waals surface area contributed by atoms with E-state index < -0.39 is 35.7 Å². The Labute approximate surface area is 197 Å². The fraction of sp³-hybridized carbons (Fsp3) is 0.423. The van der Waals surface area contributed by atoms with Gasteiger partial charge in [-0.1, -0.05) is 48.5 Å². The van der Waals surface area contributed by atoms with Crippen LogP contribution in [0.2, 0.25) is 0 Å². The zero-order valence-electron chi connectivity index (χ0n) is 19.0. The van der Waals surface area contributed by atoms with Gasteiger partial charge in [0.2, 0.25) is 5.91 Å². The minimum Gasteiger partial charge on any atom is -0.479 e. The van der Waals surface area contributed by atoms with Crippen molar-refractivity contribution < 1.29 is 29.0 Å². The van der Waals surface area contributed by atoms with Crippen LogP contribution in [0.3, 0.4) is 0 Å². The summed E-state index contributed by atoms with van der Waals surface area (Å²) >= 11 is 0. The number of hydrogen-bond acceptors (Lipinski definition) is 5. The minimum atomic E-state index is -1.19. The molecule has 1 saturated carbocycles. The van der Waals surface area contributed by atoms with Gasteiger partial charge in [0.15, 0.2) is 6.10 Å². The molecule has 2 aromatic rings. The molecule has 34 heavy (non-hydrogen) atoms. The summed E-state index contributed by atoms with van der Waals surface area (Å²) in [6.45, 7) is 2.09. The Kier molecular flexibility index (Phi) is 5.77. The lowest BCUT2D eigenvalue weighted by atomic mass is 9.93. The van der Waals surface area contributed by atoms with Crippen LogP contribution in [0.5, 0.6) is 0 Å². The van der Waals surface area contributed by atoms with Gasteiger partial charge < -0.3 is 25.2 Å². The van der Waals surface area contributed by atoms with Gasteiger partial charge in [-0.2, -0.15) is 0 Å². The van der Waals surface area contributed by atoms with E-state index in [1.165, 1.54) is 0 Å². The first-order valence-electron chi connectivity index (χ1n) is 11.7. The van der Waals surface area contributed by atoms with Crippen LogP contribution >= 0.6 is 0 Å².